The summed E-state index contributed by atoms with van der Waals surface area (Å²) in [6.07, 6.45) is 6.50. The quantitative estimate of drug-likeness (QED) is 0.573. The van der Waals surface area contributed by atoms with Crippen molar-refractivity contribution >= 4 is 15.9 Å². The standard InChI is InChI=1S/C22H26N6O5S/c1-32-17-5-2-6-18(14-17)34(30,31)28-12-3-4-16(7-9-25-20(29)8-13-28)22-26-21(27-33-22)19-15-23-10-11-24-19/h2,5-6,10-11,14-16H,3-4,7-9,12-13H2,1H3,(H,25,29). The van der Waals surface area contributed by atoms with E-state index in [0.29, 0.717) is 49.0 Å². The predicted octanol–water partition coefficient (Wildman–Crippen LogP) is 2.00. The van der Waals surface area contributed by atoms with E-state index < -0.39 is 10.0 Å². The number of hydrogen-bond acceptors (Lipinski definition) is 9. The smallest absolute Gasteiger partial charge is 0.243 e. The average molecular weight is 487 g/mol. The molecule has 12 heteroatoms. The van der Waals surface area contributed by atoms with Gasteiger partial charge in [0.05, 0.1) is 18.2 Å². The van der Waals surface area contributed by atoms with Crippen molar-refractivity contribution < 1.29 is 22.5 Å². The summed E-state index contributed by atoms with van der Waals surface area (Å²) in [7, 11) is -2.32. The Morgan fingerprint density at radius 1 is 1.21 bits per heavy atom. The third kappa shape index (κ3) is 5.57. The summed E-state index contributed by atoms with van der Waals surface area (Å²) in [5, 5.41) is 6.86. The molecule has 0 saturated carbocycles. The van der Waals surface area contributed by atoms with Crippen molar-refractivity contribution in [3.05, 3.63) is 48.7 Å². The number of nitrogens with zero attached hydrogens (tertiary/aromatic N) is 5. The Balaban J connectivity index is 1.52. The predicted molar refractivity (Wildman–Crippen MR) is 121 cm³/mol. The Labute approximate surface area is 197 Å². The maximum atomic E-state index is 13.3. The summed E-state index contributed by atoms with van der Waals surface area (Å²) in [6.45, 7) is 0.775. The second-order valence-corrected chi connectivity index (χ2v) is 9.80. The third-order valence-electron chi connectivity index (χ3n) is 5.63. The van der Waals surface area contributed by atoms with Crippen molar-refractivity contribution in [1.29, 1.82) is 0 Å². The van der Waals surface area contributed by atoms with E-state index in [9.17, 15) is 13.2 Å². The molecule has 1 aliphatic heterocycles. The summed E-state index contributed by atoms with van der Waals surface area (Å²) in [5.74, 6) is 0.863. The molecule has 3 aromatic rings. The number of sulfonamides is 1. The van der Waals surface area contributed by atoms with Gasteiger partial charge in [-0.05, 0) is 31.4 Å². The highest BCUT2D eigenvalue weighted by molar-refractivity contribution is 7.89. The third-order valence-corrected chi connectivity index (χ3v) is 7.52. The first-order valence-corrected chi connectivity index (χ1v) is 12.4. The number of carbonyl (C=O) groups is 1. The maximum absolute atomic E-state index is 13.3. The van der Waals surface area contributed by atoms with Crippen LogP contribution in [-0.4, -0.2) is 65.5 Å². The molecular weight excluding hydrogens is 460 g/mol. The van der Waals surface area contributed by atoms with Crippen molar-refractivity contribution in [3.63, 3.8) is 0 Å². The van der Waals surface area contributed by atoms with Gasteiger partial charge in [-0.2, -0.15) is 9.29 Å². The van der Waals surface area contributed by atoms with Gasteiger partial charge < -0.3 is 14.6 Å². The Bertz CT molecular complexity index is 1220. The Kier molecular flexibility index (Phi) is 7.48. The fourth-order valence-electron chi connectivity index (χ4n) is 3.79. The summed E-state index contributed by atoms with van der Waals surface area (Å²) in [5.41, 5.74) is 0.498. The highest BCUT2D eigenvalue weighted by Crippen LogP contribution is 2.27. The highest BCUT2D eigenvalue weighted by Gasteiger charge is 2.27. The van der Waals surface area contributed by atoms with Crippen LogP contribution in [0.1, 0.15) is 37.5 Å². The number of nitrogens with one attached hydrogen (secondary N) is 1. The number of aromatic nitrogens is 4. The zero-order valence-corrected chi connectivity index (χ0v) is 19.6. The molecular formula is C22H26N6O5S. The monoisotopic (exact) mass is 486 g/mol. The minimum Gasteiger partial charge on any atom is -0.497 e. The SMILES string of the molecule is COc1cccc(S(=O)(=O)N2CCCC(c3nc(-c4cnccn4)no3)CCNC(=O)CC2)c1. The molecule has 0 radical (unpaired) electrons. The molecule has 0 aliphatic carbocycles. The molecule has 1 fully saturated rings. The topological polar surface area (TPSA) is 140 Å². The van der Waals surface area contributed by atoms with Crippen molar-refractivity contribution in [2.75, 3.05) is 26.7 Å². The van der Waals surface area contributed by atoms with E-state index in [4.69, 9.17) is 9.26 Å². The van der Waals surface area contributed by atoms with Gasteiger partial charge in [-0.3, -0.25) is 9.78 Å². The van der Waals surface area contributed by atoms with Crippen LogP contribution in [0.3, 0.4) is 0 Å². The molecule has 1 aliphatic rings. The molecule has 180 valence electrons. The zero-order chi connectivity index (χ0) is 24.0. The van der Waals surface area contributed by atoms with Crippen molar-refractivity contribution in [2.24, 2.45) is 0 Å². The van der Waals surface area contributed by atoms with Gasteiger partial charge in [-0.25, -0.2) is 13.4 Å². The summed E-state index contributed by atoms with van der Waals surface area (Å²) in [4.78, 5) is 25.1. The number of hydrogen-bond donors (Lipinski definition) is 1. The van der Waals surface area contributed by atoms with Crippen molar-refractivity contribution in [3.8, 4) is 17.3 Å². The molecule has 1 N–H and O–H groups in total. The number of benzene rings is 1. The van der Waals surface area contributed by atoms with Crippen LogP contribution in [0.5, 0.6) is 5.75 Å². The first kappa shape index (κ1) is 23.8. The molecule has 0 spiro atoms. The van der Waals surface area contributed by atoms with Crippen LogP contribution in [0, 0.1) is 0 Å². The molecule has 1 amide bonds. The summed E-state index contributed by atoms with van der Waals surface area (Å²) < 4.78 is 38.6. The molecule has 11 nitrogen and oxygen atoms in total. The number of ether oxygens (including phenoxy) is 1. The first-order valence-electron chi connectivity index (χ1n) is 11.0. The Hall–Kier alpha value is -3.38. The van der Waals surface area contributed by atoms with Crippen LogP contribution < -0.4 is 10.1 Å². The van der Waals surface area contributed by atoms with Gasteiger partial charge in [-0.1, -0.05) is 11.2 Å². The van der Waals surface area contributed by atoms with E-state index in [1.165, 1.54) is 23.5 Å². The molecule has 34 heavy (non-hydrogen) atoms. The largest absolute Gasteiger partial charge is 0.497 e. The van der Waals surface area contributed by atoms with Gasteiger partial charge in [0.2, 0.25) is 27.6 Å². The van der Waals surface area contributed by atoms with E-state index in [2.05, 4.69) is 25.4 Å². The van der Waals surface area contributed by atoms with E-state index in [0.717, 1.165) is 0 Å². The normalized spacial score (nSPS) is 18.6. The minimum absolute atomic E-state index is 0.0747. The second kappa shape index (κ2) is 10.7. The van der Waals surface area contributed by atoms with Crippen LogP contribution in [-0.2, 0) is 14.8 Å². The Morgan fingerprint density at radius 3 is 2.88 bits per heavy atom. The van der Waals surface area contributed by atoms with E-state index in [1.54, 1.807) is 30.7 Å². The molecule has 0 bridgehead atoms. The molecule has 1 aromatic carbocycles. The van der Waals surface area contributed by atoms with Crippen LogP contribution in [0.4, 0.5) is 0 Å². The molecule has 1 saturated heterocycles. The van der Waals surface area contributed by atoms with Crippen LogP contribution in [0.2, 0.25) is 0 Å². The minimum atomic E-state index is -3.80. The lowest BCUT2D eigenvalue weighted by Gasteiger charge is -2.22. The van der Waals surface area contributed by atoms with E-state index >= 15 is 0 Å². The molecule has 1 unspecified atom stereocenters. The molecule has 3 heterocycles. The van der Waals surface area contributed by atoms with Gasteiger partial charge in [0.1, 0.15) is 11.4 Å². The lowest BCUT2D eigenvalue weighted by atomic mass is 9.99. The van der Waals surface area contributed by atoms with E-state index in [1.807, 2.05) is 0 Å². The van der Waals surface area contributed by atoms with Gasteiger partial charge in [0.15, 0.2) is 0 Å². The number of amides is 1. The van der Waals surface area contributed by atoms with Gasteiger partial charge in [-0.15, -0.1) is 0 Å². The van der Waals surface area contributed by atoms with Crippen LogP contribution in [0.15, 0.2) is 52.3 Å². The maximum Gasteiger partial charge on any atom is 0.243 e. The van der Waals surface area contributed by atoms with Crippen LogP contribution in [0.25, 0.3) is 11.5 Å². The van der Waals surface area contributed by atoms with E-state index in [-0.39, 0.29) is 36.2 Å². The zero-order valence-electron chi connectivity index (χ0n) is 18.8. The number of rotatable bonds is 5. The lowest BCUT2D eigenvalue weighted by Crippen LogP contribution is -2.35. The molecule has 4 rings (SSSR count). The summed E-state index contributed by atoms with van der Waals surface area (Å²) >= 11 is 0. The second-order valence-electron chi connectivity index (χ2n) is 7.86. The number of methoxy groups -OCH3 is 1. The Morgan fingerprint density at radius 2 is 2.09 bits per heavy atom. The van der Waals surface area contributed by atoms with Gasteiger partial charge in [0, 0.05) is 50.4 Å². The fraction of sp³-hybridized carbons (Fsp3) is 0.409. The number of carbonyl (C=O) groups excluding carboxylic acids is 1. The lowest BCUT2D eigenvalue weighted by molar-refractivity contribution is -0.121. The molecule has 1 atom stereocenters. The van der Waals surface area contributed by atoms with Crippen LogP contribution >= 0.6 is 0 Å². The van der Waals surface area contributed by atoms with Gasteiger partial charge in [0.25, 0.3) is 0 Å². The van der Waals surface area contributed by atoms with Crippen molar-refractivity contribution in [1.82, 2.24) is 29.7 Å². The highest BCUT2D eigenvalue weighted by atomic mass is 32.2. The van der Waals surface area contributed by atoms with Crippen molar-refractivity contribution in [2.45, 2.75) is 36.5 Å². The first-order chi connectivity index (χ1) is 16.5. The fourth-order valence-corrected chi connectivity index (χ4v) is 5.30. The summed E-state index contributed by atoms with van der Waals surface area (Å²) in [6, 6.07) is 6.32. The molecule has 2 aromatic heterocycles. The average Bonchev–Trinajstić information content (AvgIpc) is 3.34. The van der Waals surface area contributed by atoms with Gasteiger partial charge >= 0.3 is 0 Å².